The van der Waals surface area contributed by atoms with E-state index in [-0.39, 0.29) is 11.9 Å². The monoisotopic (exact) mass is 421 g/mol. The van der Waals surface area contributed by atoms with Crippen LogP contribution in [0, 0.1) is 0 Å². The van der Waals surface area contributed by atoms with Gasteiger partial charge in [-0.05, 0) is 44.2 Å². The molecule has 0 saturated carbocycles. The average Bonchev–Trinajstić information content (AvgIpc) is 2.74. The fourth-order valence-electron chi connectivity index (χ4n) is 3.50. The van der Waals surface area contributed by atoms with Crippen LogP contribution in [0.25, 0.3) is 0 Å². The summed E-state index contributed by atoms with van der Waals surface area (Å²) in [4.78, 5) is 16.7. The van der Waals surface area contributed by atoms with Gasteiger partial charge in [-0.3, -0.25) is 9.69 Å². The molecule has 1 N–H and O–H groups in total. The van der Waals surface area contributed by atoms with E-state index in [1.54, 1.807) is 18.2 Å². The van der Waals surface area contributed by atoms with Gasteiger partial charge in [-0.25, -0.2) is 0 Å². The predicted molar refractivity (Wildman–Crippen MR) is 111 cm³/mol. The largest absolute Gasteiger partial charge is 0.492 e. The molecule has 0 unspecified atom stereocenters. The van der Waals surface area contributed by atoms with Gasteiger partial charge in [0.05, 0.1) is 23.9 Å². The van der Waals surface area contributed by atoms with Crippen molar-refractivity contribution < 1.29 is 22.7 Å². The SMILES string of the molecule is CCOc1ccccc1NC(=O)[C@@H](C)N1CCN(c2cccc(C(F)(F)F)c2)CC1. The van der Waals surface area contributed by atoms with Crippen LogP contribution in [0.15, 0.2) is 48.5 Å². The van der Waals surface area contributed by atoms with Gasteiger partial charge in [0.1, 0.15) is 5.75 Å². The maximum atomic E-state index is 13.0. The van der Waals surface area contributed by atoms with E-state index in [1.165, 1.54) is 12.1 Å². The fraction of sp³-hybridized carbons (Fsp3) is 0.409. The third-order valence-electron chi connectivity index (χ3n) is 5.22. The number of carbonyl (C=O) groups excluding carboxylic acids is 1. The molecule has 0 bridgehead atoms. The first-order valence-corrected chi connectivity index (χ1v) is 9.98. The normalized spacial score (nSPS) is 16.2. The number of alkyl halides is 3. The van der Waals surface area contributed by atoms with Gasteiger partial charge in [-0.2, -0.15) is 13.2 Å². The summed E-state index contributed by atoms with van der Waals surface area (Å²) >= 11 is 0. The second-order valence-electron chi connectivity index (χ2n) is 7.17. The first kappa shape index (κ1) is 22.0. The highest BCUT2D eigenvalue weighted by molar-refractivity contribution is 5.95. The zero-order valence-electron chi connectivity index (χ0n) is 17.1. The lowest BCUT2D eigenvalue weighted by atomic mass is 10.1. The summed E-state index contributed by atoms with van der Waals surface area (Å²) in [5.74, 6) is 0.476. The Hall–Kier alpha value is -2.74. The molecular weight excluding hydrogens is 395 g/mol. The summed E-state index contributed by atoms with van der Waals surface area (Å²) in [7, 11) is 0. The molecule has 0 aromatic heterocycles. The molecule has 1 saturated heterocycles. The second-order valence-corrected chi connectivity index (χ2v) is 7.17. The smallest absolute Gasteiger partial charge is 0.416 e. The molecule has 5 nitrogen and oxygen atoms in total. The predicted octanol–water partition coefficient (Wildman–Crippen LogP) is 4.25. The third kappa shape index (κ3) is 5.24. The van der Waals surface area contributed by atoms with Crippen LogP contribution >= 0.6 is 0 Å². The van der Waals surface area contributed by atoms with Crippen LogP contribution in [0.5, 0.6) is 5.75 Å². The van der Waals surface area contributed by atoms with E-state index in [9.17, 15) is 18.0 Å². The van der Waals surface area contributed by atoms with E-state index >= 15 is 0 Å². The Balaban J connectivity index is 1.59. The molecule has 1 atom stereocenters. The van der Waals surface area contributed by atoms with Gasteiger partial charge < -0.3 is 15.0 Å². The van der Waals surface area contributed by atoms with Gasteiger partial charge in [0.15, 0.2) is 0 Å². The number of carbonyl (C=O) groups is 1. The van der Waals surface area contributed by atoms with Gasteiger partial charge in [0.2, 0.25) is 5.91 Å². The van der Waals surface area contributed by atoms with Crippen molar-refractivity contribution in [1.29, 1.82) is 0 Å². The van der Waals surface area contributed by atoms with E-state index in [4.69, 9.17) is 4.74 Å². The van der Waals surface area contributed by atoms with Crippen molar-refractivity contribution in [3.63, 3.8) is 0 Å². The lowest BCUT2D eigenvalue weighted by molar-refractivity contribution is -0.137. The maximum Gasteiger partial charge on any atom is 0.416 e. The van der Waals surface area contributed by atoms with Gasteiger partial charge in [-0.1, -0.05) is 18.2 Å². The highest BCUT2D eigenvalue weighted by Gasteiger charge is 2.31. The van der Waals surface area contributed by atoms with Crippen molar-refractivity contribution in [3.05, 3.63) is 54.1 Å². The third-order valence-corrected chi connectivity index (χ3v) is 5.22. The van der Waals surface area contributed by atoms with Crippen molar-refractivity contribution in [2.45, 2.75) is 26.1 Å². The molecule has 1 amide bonds. The van der Waals surface area contributed by atoms with E-state index in [0.29, 0.717) is 49.9 Å². The molecule has 1 fully saturated rings. The molecule has 0 spiro atoms. The Morgan fingerprint density at radius 2 is 1.80 bits per heavy atom. The van der Waals surface area contributed by atoms with Gasteiger partial charge in [0, 0.05) is 31.9 Å². The van der Waals surface area contributed by atoms with Crippen LogP contribution in [0.1, 0.15) is 19.4 Å². The summed E-state index contributed by atoms with van der Waals surface area (Å²) in [6.07, 6.45) is -4.36. The first-order chi connectivity index (χ1) is 14.3. The molecule has 30 heavy (non-hydrogen) atoms. The van der Waals surface area contributed by atoms with E-state index in [0.717, 1.165) is 6.07 Å². The van der Waals surface area contributed by atoms with Crippen LogP contribution < -0.4 is 15.0 Å². The van der Waals surface area contributed by atoms with Crippen molar-refractivity contribution in [2.75, 3.05) is 43.0 Å². The molecule has 0 radical (unpaired) electrons. The fourth-order valence-corrected chi connectivity index (χ4v) is 3.50. The summed E-state index contributed by atoms with van der Waals surface area (Å²) in [5, 5.41) is 2.92. The zero-order valence-corrected chi connectivity index (χ0v) is 17.1. The minimum absolute atomic E-state index is 0.144. The summed E-state index contributed by atoms with van der Waals surface area (Å²) < 4.78 is 44.4. The number of nitrogens with zero attached hydrogens (tertiary/aromatic N) is 2. The van der Waals surface area contributed by atoms with Crippen molar-refractivity contribution >= 4 is 17.3 Å². The second kappa shape index (κ2) is 9.38. The summed E-state index contributed by atoms with van der Waals surface area (Å²) in [5.41, 5.74) is 0.522. The van der Waals surface area contributed by atoms with Gasteiger partial charge in [-0.15, -0.1) is 0 Å². The summed E-state index contributed by atoms with van der Waals surface area (Å²) in [6.45, 7) is 6.47. The molecule has 3 rings (SSSR count). The Morgan fingerprint density at radius 1 is 1.10 bits per heavy atom. The number of ether oxygens (including phenoxy) is 1. The zero-order chi connectivity index (χ0) is 21.7. The minimum Gasteiger partial charge on any atom is -0.492 e. The number of amides is 1. The lowest BCUT2D eigenvalue weighted by Gasteiger charge is -2.38. The number of halogens is 3. The quantitative estimate of drug-likeness (QED) is 0.757. The molecule has 162 valence electrons. The first-order valence-electron chi connectivity index (χ1n) is 9.98. The number of piperazine rings is 1. The Morgan fingerprint density at radius 3 is 2.47 bits per heavy atom. The standard InChI is InChI=1S/C22H26F3N3O2/c1-3-30-20-10-5-4-9-19(20)26-21(29)16(2)27-11-13-28(14-12-27)18-8-6-7-17(15-18)22(23,24)25/h4-10,15-16H,3,11-14H2,1-2H3,(H,26,29)/t16-/m1/s1. The number of anilines is 2. The Bertz CT molecular complexity index is 865. The van der Waals surface area contributed by atoms with Crippen LogP contribution in [0.3, 0.4) is 0 Å². The minimum atomic E-state index is -4.36. The van der Waals surface area contributed by atoms with Crippen LogP contribution in [-0.4, -0.2) is 49.6 Å². The highest BCUT2D eigenvalue weighted by atomic mass is 19.4. The van der Waals surface area contributed by atoms with Crippen LogP contribution in [0.2, 0.25) is 0 Å². The molecule has 8 heteroatoms. The number of benzene rings is 2. The van der Waals surface area contributed by atoms with Crippen molar-refractivity contribution in [3.8, 4) is 5.75 Å². The number of nitrogens with one attached hydrogen (secondary N) is 1. The Labute approximate surface area is 174 Å². The number of hydrogen-bond acceptors (Lipinski definition) is 4. The van der Waals surface area contributed by atoms with Crippen molar-refractivity contribution in [2.24, 2.45) is 0 Å². The van der Waals surface area contributed by atoms with E-state index in [1.807, 2.05) is 35.8 Å². The number of para-hydroxylation sites is 2. The molecule has 1 heterocycles. The highest BCUT2D eigenvalue weighted by Crippen LogP contribution is 2.32. The van der Waals surface area contributed by atoms with Gasteiger partial charge in [0.25, 0.3) is 0 Å². The molecular formula is C22H26F3N3O2. The van der Waals surface area contributed by atoms with Crippen molar-refractivity contribution in [1.82, 2.24) is 4.90 Å². The summed E-state index contributed by atoms with van der Waals surface area (Å²) in [6, 6.07) is 12.3. The number of hydrogen-bond donors (Lipinski definition) is 1. The Kier molecular flexibility index (Phi) is 6.87. The van der Waals surface area contributed by atoms with Crippen LogP contribution in [0.4, 0.5) is 24.5 Å². The lowest BCUT2D eigenvalue weighted by Crippen LogP contribution is -2.52. The molecule has 1 aliphatic rings. The molecule has 1 aliphatic heterocycles. The molecule has 0 aliphatic carbocycles. The van der Waals surface area contributed by atoms with Crippen LogP contribution in [-0.2, 0) is 11.0 Å². The molecule has 2 aromatic rings. The maximum absolute atomic E-state index is 13.0. The topological polar surface area (TPSA) is 44.8 Å². The number of rotatable bonds is 6. The van der Waals surface area contributed by atoms with E-state index < -0.39 is 11.7 Å². The molecule has 2 aromatic carbocycles. The average molecular weight is 421 g/mol. The van der Waals surface area contributed by atoms with Gasteiger partial charge >= 0.3 is 6.18 Å². The van der Waals surface area contributed by atoms with E-state index in [2.05, 4.69) is 5.32 Å².